The molecule has 2 heterocycles. The first kappa shape index (κ1) is 12.3. The quantitative estimate of drug-likeness (QED) is 0.756. The number of nitrogens with one attached hydrogen (secondary N) is 1. The molecule has 2 aromatic heterocycles. The fourth-order valence-corrected chi connectivity index (χ4v) is 2.16. The Morgan fingerprint density at radius 3 is 2.85 bits per heavy atom. The van der Waals surface area contributed by atoms with Crippen molar-refractivity contribution in [3.05, 3.63) is 54.5 Å². The van der Waals surface area contributed by atoms with Gasteiger partial charge in [-0.3, -0.25) is 4.98 Å². The van der Waals surface area contributed by atoms with Crippen molar-refractivity contribution in [1.29, 1.82) is 0 Å². The first-order valence-electron chi connectivity index (χ1n) is 6.47. The van der Waals surface area contributed by atoms with Crippen molar-refractivity contribution in [1.82, 2.24) is 15.0 Å². The van der Waals surface area contributed by atoms with Crippen LogP contribution in [0.25, 0.3) is 10.9 Å². The summed E-state index contributed by atoms with van der Waals surface area (Å²) in [6.45, 7) is 0.770. The molecule has 0 amide bonds. The molecule has 1 aromatic carbocycles. The second-order valence-electron chi connectivity index (χ2n) is 4.50. The highest BCUT2D eigenvalue weighted by molar-refractivity contribution is 5.81. The van der Waals surface area contributed by atoms with Crippen LogP contribution < -0.4 is 11.1 Å². The van der Waals surface area contributed by atoms with Crippen LogP contribution in [0.3, 0.4) is 0 Å². The zero-order valence-electron chi connectivity index (χ0n) is 11.0. The molecule has 0 fully saturated rings. The minimum atomic E-state index is 0.467. The van der Waals surface area contributed by atoms with Crippen LogP contribution >= 0.6 is 0 Å². The van der Waals surface area contributed by atoms with E-state index in [1.54, 1.807) is 6.07 Å². The van der Waals surface area contributed by atoms with E-state index in [1.165, 1.54) is 11.9 Å². The Balaban J connectivity index is 1.71. The molecule has 100 valence electrons. The van der Waals surface area contributed by atoms with Crippen LogP contribution in [0.5, 0.6) is 0 Å². The maximum atomic E-state index is 5.61. The fourth-order valence-electron chi connectivity index (χ4n) is 2.16. The third-order valence-electron chi connectivity index (χ3n) is 3.10. The van der Waals surface area contributed by atoms with Crippen molar-refractivity contribution in [2.24, 2.45) is 0 Å². The molecule has 3 aromatic rings. The SMILES string of the molecule is Nc1cc(NCCc2cccc3cccnc23)ncn1. The Morgan fingerprint density at radius 2 is 1.95 bits per heavy atom. The molecular formula is C15H15N5. The number of hydrogen-bond acceptors (Lipinski definition) is 5. The molecule has 0 aliphatic heterocycles. The number of para-hydroxylation sites is 1. The van der Waals surface area contributed by atoms with Gasteiger partial charge in [0.25, 0.3) is 0 Å². The molecule has 5 nitrogen and oxygen atoms in total. The summed E-state index contributed by atoms with van der Waals surface area (Å²) in [5, 5.41) is 4.40. The molecule has 0 saturated carbocycles. The number of nitrogens with two attached hydrogens (primary N) is 1. The van der Waals surface area contributed by atoms with E-state index >= 15 is 0 Å². The number of aromatic nitrogens is 3. The van der Waals surface area contributed by atoms with Gasteiger partial charge in [-0.2, -0.15) is 0 Å². The van der Waals surface area contributed by atoms with Crippen molar-refractivity contribution in [3.8, 4) is 0 Å². The van der Waals surface area contributed by atoms with Crippen molar-refractivity contribution >= 4 is 22.5 Å². The summed E-state index contributed by atoms with van der Waals surface area (Å²) in [4.78, 5) is 12.4. The first-order chi connectivity index (χ1) is 9.83. The summed E-state index contributed by atoms with van der Waals surface area (Å²) >= 11 is 0. The van der Waals surface area contributed by atoms with E-state index in [2.05, 4.69) is 44.5 Å². The van der Waals surface area contributed by atoms with Gasteiger partial charge in [-0.25, -0.2) is 9.97 Å². The summed E-state index contributed by atoms with van der Waals surface area (Å²) in [5.74, 6) is 1.21. The number of pyridine rings is 1. The third-order valence-corrected chi connectivity index (χ3v) is 3.10. The number of anilines is 2. The lowest BCUT2D eigenvalue weighted by Crippen LogP contribution is -2.07. The largest absolute Gasteiger partial charge is 0.384 e. The summed E-state index contributed by atoms with van der Waals surface area (Å²) in [6, 6.07) is 12.0. The molecule has 0 atom stereocenters. The average molecular weight is 265 g/mol. The van der Waals surface area contributed by atoms with Crippen molar-refractivity contribution in [2.75, 3.05) is 17.6 Å². The van der Waals surface area contributed by atoms with Crippen molar-refractivity contribution in [2.45, 2.75) is 6.42 Å². The van der Waals surface area contributed by atoms with Gasteiger partial charge in [0.15, 0.2) is 0 Å². The zero-order valence-corrected chi connectivity index (χ0v) is 11.0. The highest BCUT2D eigenvalue weighted by atomic mass is 15.0. The molecule has 3 N–H and O–H groups in total. The van der Waals surface area contributed by atoms with Gasteiger partial charge in [0.1, 0.15) is 18.0 Å². The van der Waals surface area contributed by atoms with E-state index in [4.69, 9.17) is 5.73 Å². The Morgan fingerprint density at radius 1 is 1.05 bits per heavy atom. The Labute approximate surface area is 116 Å². The van der Waals surface area contributed by atoms with E-state index in [9.17, 15) is 0 Å². The van der Waals surface area contributed by atoms with Crippen molar-refractivity contribution in [3.63, 3.8) is 0 Å². The van der Waals surface area contributed by atoms with Gasteiger partial charge in [-0.1, -0.05) is 24.3 Å². The monoisotopic (exact) mass is 265 g/mol. The normalized spacial score (nSPS) is 10.6. The van der Waals surface area contributed by atoms with Gasteiger partial charge in [-0.15, -0.1) is 0 Å². The van der Waals surface area contributed by atoms with Gasteiger partial charge in [0, 0.05) is 24.2 Å². The molecular weight excluding hydrogens is 250 g/mol. The summed E-state index contributed by atoms with van der Waals surface area (Å²) < 4.78 is 0. The van der Waals surface area contributed by atoms with Crippen LogP contribution in [0.1, 0.15) is 5.56 Å². The molecule has 0 aliphatic carbocycles. The third kappa shape index (κ3) is 2.66. The van der Waals surface area contributed by atoms with E-state index < -0.39 is 0 Å². The van der Waals surface area contributed by atoms with Crippen LogP contribution in [-0.4, -0.2) is 21.5 Å². The van der Waals surface area contributed by atoms with Crippen LogP contribution in [-0.2, 0) is 6.42 Å². The molecule has 0 spiro atoms. The predicted molar refractivity (Wildman–Crippen MR) is 80.4 cm³/mol. The van der Waals surface area contributed by atoms with E-state index in [0.717, 1.165) is 29.7 Å². The standard InChI is InChI=1S/C15H15N5/c16-13-9-14(20-10-19-13)17-8-6-12-4-1-3-11-5-2-7-18-15(11)12/h1-5,7,9-10H,6,8H2,(H3,16,17,19,20). The number of rotatable bonds is 4. The van der Waals surface area contributed by atoms with Crippen LogP contribution in [0, 0.1) is 0 Å². The van der Waals surface area contributed by atoms with E-state index in [0.29, 0.717) is 5.82 Å². The zero-order chi connectivity index (χ0) is 13.8. The Hall–Kier alpha value is -2.69. The van der Waals surface area contributed by atoms with E-state index in [1.807, 2.05) is 12.3 Å². The summed E-state index contributed by atoms with van der Waals surface area (Å²) in [6.07, 6.45) is 4.15. The van der Waals surface area contributed by atoms with Crippen LogP contribution in [0.2, 0.25) is 0 Å². The molecule has 0 unspecified atom stereocenters. The molecule has 3 rings (SSSR count). The Kier molecular flexibility index (Phi) is 3.41. The molecule has 5 heteroatoms. The number of hydrogen-bond donors (Lipinski definition) is 2. The fraction of sp³-hybridized carbons (Fsp3) is 0.133. The molecule has 0 aliphatic rings. The summed E-state index contributed by atoms with van der Waals surface area (Å²) in [5.41, 5.74) is 7.89. The highest BCUT2D eigenvalue weighted by Gasteiger charge is 2.02. The topological polar surface area (TPSA) is 76.7 Å². The number of fused-ring (bicyclic) bond motifs is 1. The number of benzene rings is 1. The molecule has 0 bridgehead atoms. The molecule has 0 saturated heterocycles. The lowest BCUT2D eigenvalue weighted by molar-refractivity contribution is 1.00. The van der Waals surface area contributed by atoms with E-state index in [-0.39, 0.29) is 0 Å². The highest BCUT2D eigenvalue weighted by Crippen LogP contribution is 2.16. The van der Waals surface area contributed by atoms with Gasteiger partial charge in [0.05, 0.1) is 5.52 Å². The van der Waals surface area contributed by atoms with Crippen LogP contribution in [0.4, 0.5) is 11.6 Å². The van der Waals surface area contributed by atoms with Crippen LogP contribution in [0.15, 0.2) is 48.9 Å². The number of nitrogen functional groups attached to an aromatic ring is 1. The maximum Gasteiger partial charge on any atom is 0.131 e. The second-order valence-corrected chi connectivity index (χ2v) is 4.50. The lowest BCUT2D eigenvalue weighted by atomic mass is 10.1. The first-order valence-corrected chi connectivity index (χ1v) is 6.47. The number of nitrogens with zero attached hydrogens (tertiary/aromatic N) is 3. The van der Waals surface area contributed by atoms with Gasteiger partial charge >= 0.3 is 0 Å². The van der Waals surface area contributed by atoms with Gasteiger partial charge in [0.2, 0.25) is 0 Å². The van der Waals surface area contributed by atoms with Gasteiger partial charge < -0.3 is 11.1 Å². The average Bonchev–Trinajstić information content (AvgIpc) is 2.48. The maximum absolute atomic E-state index is 5.61. The minimum absolute atomic E-state index is 0.467. The second kappa shape index (κ2) is 5.52. The smallest absolute Gasteiger partial charge is 0.131 e. The Bertz CT molecular complexity index is 721. The van der Waals surface area contributed by atoms with Crippen molar-refractivity contribution < 1.29 is 0 Å². The summed E-state index contributed by atoms with van der Waals surface area (Å²) in [7, 11) is 0. The molecule has 0 radical (unpaired) electrons. The molecule has 20 heavy (non-hydrogen) atoms. The lowest BCUT2D eigenvalue weighted by Gasteiger charge is -2.07. The van der Waals surface area contributed by atoms with Gasteiger partial charge in [-0.05, 0) is 18.1 Å². The predicted octanol–water partition coefficient (Wildman–Crippen LogP) is 2.26. The minimum Gasteiger partial charge on any atom is -0.384 e.